The predicted molar refractivity (Wildman–Crippen MR) is 105 cm³/mol. The van der Waals surface area contributed by atoms with Crippen molar-refractivity contribution in [3.8, 4) is 0 Å². The SMILES string of the molecule is Cc1ccc(C(O)CCCCN2CCN(c3ccccc3)CC2)cc1. The first-order valence-electron chi connectivity index (χ1n) is 9.49. The van der Waals surface area contributed by atoms with Gasteiger partial charge in [0.2, 0.25) is 0 Å². The zero-order chi connectivity index (χ0) is 17.5. The number of hydrogen-bond acceptors (Lipinski definition) is 3. The fourth-order valence-electron chi connectivity index (χ4n) is 3.50. The molecule has 2 aromatic rings. The van der Waals surface area contributed by atoms with Crippen molar-refractivity contribution in [3.05, 3.63) is 65.7 Å². The maximum atomic E-state index is 10.3. The Hall–Kier alpha value is -1.84. The molecule has 0 bridgehead atoms. The van der Waals surface area contributed by atoms with Gasteiger partial charge in [0.05, 0.1) is 6.10 Å². The third kappa shape index (κ3) is 5.32. The molecule has 0 radical (unpaired) electrons. The normalized spacial score (nSPS) is 16.8. The Kier molecular flexibility index (Phi) is 6.48. The van der Waals surface area contributed by atoms with Crippen LogP contribution in [-0.2, 0) is 0 Å². The highest BCUT2D eigenvalue weighted by Gasteiger charge is 2.16. The highest BCUT2D eigenvalue weighted by molar-refractivity contribution is 5.46. The summed E-state index contributed by atoms with van der Waals surface area (Å²) in [6, 6.07) is 18.9. The van der Waals surface area contributed by atoms with Gasteiger partial charge < -0.3 is 10.0 Å². The van der Waals surface area contributed by atoms with Crippen molar-refractivity contribution >= 4 is 5.69 Å². The van der Waals surface area contributed by atoms with E-state index >= 15 is 0 Å². The number of rotatable bonds is 7. The molecule has 0 spiro atoms. The fraction of sp³-hybridized carbons (Fsp3) is 0.455. The molecule has 3 rings (SSSR count). The van der Waals surface area contributed by atoms with Crippen LogP contribution >= 0.6 is 0 Å². The van der Waals surface area contributed by atoms with E-state index in [1.165, 1.54) is 11.3 Å². The van der Waals surface area contributed by atoms with Crippen molar-refractivity contribution in [3.63, 3.8) is 0 Å². The fourth-order valence-corrected chi connectivity index (χ4v) is 3.50. The van der Waals surface area contributed by atoms with E-state index in [4.69, 9.17) is 0 Å². The lowest BCUT2D eigenvalue weighted by Crippen LogP contribution is -2.46. The molecular formula is C22H30N2O. The topological polar surface area (TPSA) is 26.7 Å². The minimum atomic E-state index is -0.324. The monoisotopic (exact) mass is 338 g/mol. The third-order valence-electron chi connectivity index (χ3n) is 5.16. The first-order chi connectivity index (χ1) is 12.2. The summed E-state index contributed by atoms with van der Waals surface area (Å²) in [5.74, 6) is 0. The summed E-state index contributed by atoms with van der Waals surface area (Å²) in [4.78, 5) is 5.02. The Bertz CT molecular complexity index is 618. The number of hydrogen-bond donors (Lipinski definition) is 1. The zero-order valence-electron chi connectivity index (χ0n) is 15.3. The minimum absolute atomic E-state index is 0.324. The lowest BCUT2D eigenvalue weighted by atomic mass is 10.0. The lowest BCUT2D eigenvalue weighted by Gasteiger charge is -2.36. The minimum Gasteiger partial charge on any atom is -0.388 e. The average molecular weight is 338 g/mol. The van der Waals surface area contributed by atoms with Crippen LogP contribution in [0.1, 0.15) is 36.5 Å². The number of unbranched alkanes of at least 4 members (excludes halogenated alkanes) is 1. The Morgan fingerprint density at radius 1 is 0.880 bits per heavy atom. The van der Waals surface area contributed by atoms with Gasteiger partial charge >= 0.3 is 0 Å². The van der Waals surface area contributed by atoms with Gasteiger partial charge in [0.25, 0.3) is 0 Å². The number of aliphatic hydroxyl groups is 1. The van der Waals surface area contributed by atoms with Crippen molar-refractivity contribution in [2.75, 3.05) is 37.6 Å². The van der Waals surface area contributed by atoms with Gasteiger partial charge in [0.1, 0.15) is 0 Å². The summed E-state index contributed by atoms with van der Waals surface area (Å²) >= 11 is 0. The van der Waals surface area contributed by atoms with Crippen molar-refractivity contribution < 1.29 is 5.11 Å². The van der Waals surface area contributed by atoms with Crippen LogP contribution in [-0.4, -0.2) is 42.7 Å². The van der Waals surface area contributed by atoms with Crippen molar-refractivity contribution in [2.24, 2.45) is 0 Å². The largest absolute Gasteiger partial charge is 0.388 e. The van der Waals surface area contributed by atoms with Gasteiger partial charge in [-0.15, -0.1) is 0 Å². The van der Waals surface area contributed by atoms with Crippen LogP contribution in [0.3, 0.4) is 0 Å². The summed E-state index contributed by atoms with van der Waals surface area (Å²) < 4.78 is 0. The summed E-state index contributed by atoms with van der Waals surface area (Å²) in [6.07, 6.45) is 2.77. The van der Waals surface area contributed by atoms with Gasteiger partial charge in [0.15, 0.2) is 0 Å². The number of anilines is 1. The Morgan fingerprint density at radius 2 is 1.56 bits per heavy atom. The molecule has 0 aromatic heterocycles. The van der Waals surface area contributed by atoms with Crippen LogP contribution in [0, 0.1) is 6.92 Å². The molecule has 1 unspecified atom stereocenters. The van der Waals surface area contributed by atoms with Crippen molar-refractivity contribution in [2.45, 2.75) is 32.3 Å². The Balaban J connectivity index is 1.33. The number of piperazine rings is 1. The predicted octanol–water partition coefficient (Wildman–Crippen LogP) is 4.02. The van der Waals surface area contributed by atoms with Crippen LogP contribution in [0.4, 0.5) is 5.69 Å². The van der Waals surface area contributed by atoms with E-state index in [0.29, 0.717) is 0 Å². The second-order valence-corrected chi connectivity index (χ2v) is 7.09. The molecule has 1 heterocycles. The van der Waals surface area contributed by atoms with Crippen LogP contribution < -0.4 is 4.90 Å². The van der Waals surface area contributed by atoms with E-state index < -0.39 is 0 Å². The van der Waals surface area contributed by atoms with E-state index in [1.807, 2.05) is 12.1 Å². The number of aryl methyl sites for hydroxylation is 1. The number of para-hydroxylation sites is 1. The molecule has 3 heteroatoms. The van der Waals surface area contributed by atoms with Gasteiger partial charge in [-0.2, -0.15) is 0 Å². The highest BCUT2D eigenvalue weighted by Crippen LogP contribution is 2.20. The second-order valence-electron chi connectivity index (χ2n) is 7.09. The molecule has 0 amide bonds. The van der Waals surface area contributed by atoms with E-state index in [-0.39, 0.29) is 6.10 Å². The molecule has 2 aromatic carbocycles. The van der Waals surface area contributed by atoms with Crippen LogP contribution in [0.5, 0.6) is 0 Å². The second kappa shape index (κ2) is 9.02. The van der Waals surface area contributed by atoms with Gasteiger partial charge in [-0.3, -0.25) is 4.90 Å². The molecule has 25 heavy (non-hydrogen) atoms. The van der Waals surface area contributed by atoms with Crippen LogP contribution in [0.2, 0.25) is 0 Å². The first-order valence-corrected chi connectivity index (χ1v) is 9.49. The standard InChI is InChI=1S/C22H30N2O/c1-19-10-12-20(13-11-19)22(25)9-5-6-14-23-15-17-24(18-16-23)21-7-3-2-4-8-21/h2-4,7-8,10-13,22,25H,5-6,9,14-18H2,1H3. The molecule has 0 aliphatic carbocycles. The molecular weight excluding hydrogens is 308 g/mol. The highest BCUT2D eigenvalue weighted by atomic mass is 16.3. The summed E-state index contributed by atoms with van der Waals surface area (Å²) in [6.45, 7) is 7.70. The molecule has 1 saturated heterocycles. The molecule has 0 saturated carbocycles. The molecule has 1 N–H and O–H groups in total. The van der Waals surface area contributed by atoms with Gasteiger partial charge in [-0.25, -0.2) is 0 Å². The number of aliphatic hydroxyl groups excluding tert-OH is 1. The van der Waals surface area contributed by atoms with Crippen molar-refractivity contribution in [1.82, 2.24) is 4.90 Å². The van der Waals surface area contributed by atoms with E-state index in [1.54, 1.807) is 0 Å². The third-order valence-corrected chi connectivity index (χ3v) is 5.16. The summed E-state index contributed by atoms with van der Waals surface area (Å²) in [7, 11) is 0. The van der Waals surface area contributed by atoms with Crippen LogP contribution in [0.15, 0.2) is 54.6 Å². The Labute approximate surface area is 151 Å². The van der Waals surface area contributed by atoms with Gasteiger partial charge in [-0.1, -0.05) is 48.0 Å². The molecule has 1 aliphatic heterocycles. The molecule has 134 valence electrons. The lowest BCUT2D eigenvalue weighted by molar-refractivity contribution is 0.160. The van der Waals surface area contributed by atoms with Gasteiger partial charge in [-0.05, 0) is 50.4 Å². The molecule has 1 atom stereocenters. The summed E-state index contributed by atoms with van der Waals surface area (Å²) in [5.41, 5.74) is 3.62. The van der Waals surface area contributed by atoms with Crippen molar-refractivity contribution in [1.29, 1.82) is 0 Å². The zero-order valence-corrected chi connectivity index (χ0v) is 15.3. The van der Waals surface area contributed by atoms with E-state index in [9.17, 15) is 5.11 Å². The summed E-state index contributed by atoms with van der Waals surface area (Å²) in [5, 5.41) is 10.3. The van der Waals surface area contributed by atoms with E-state index in [0.717, 1.165) is 57.5 Å². The number of benzene rings is 2. The molecule has 1 fully saturated rings. The molecule has 1 aliphatic rings. The Morgan fingerprint density at radius 3 is 2.24 bits per heavy atom. The smallest absolute Gasteiger partial charge is 0.0790 e. The quantitative estimate of drug-likeness (QED) is 0.773. The van der Waals surface area contributed by atoms with E-state index in [2.05, 4.69) is 59.2 Å². The van der Waals surface area contributed by atoms with Gasteiger partial charge in [0, 0.05) is 31.9 Å². The molecule has 3 nitrogen and oxygen atoms in total. The maximum Gasteiger partial charge on any atom is 0.0790 e. The maximum absolute atomic E-state index is 10.3. The van der Waals surface area contributed by atoms with Crippen LogP contribution in [0.25, 0.3) is 0 Å². The average Bonchev–Trinajstić information content (AvgIpc) is 2.67. The first kappa shape index (κ1) is 18.0. The number of nitrogens with zero attached hydrogens (tertiary/aromatic N) is 2.